The molecule has 1 aromatic carbocycles. The number of benzene rings is 1. The van der Waals surface area contributed by atoms with E-state index in [-0.39, 0.29) is 0 Å². The Labute approximate surface area is 124 Å². The van der Waals surface area contributed by atoms with Gasteiger partial charge in [-0.3, -0.25) is 4.90 Å². The molecule has 1 aliphatic carbocycles. The van der Waals surface area contributed by atoms with E-state index in [4.69, 9.17) is 5.73 Å². The van der Waals surface area contributed by atoms with Crippen LogP contribution >= 0.6 is 0 Å². The minimum Gasteiger partial charge on any atom is -0.328 e. The van der Waals surface area contributed by atoms with Crippen molar-refractivity contribution in [1.29, 1.82) is 0 Å². The summed E-state index contributed by atoms with van der Waals surface area (Å²) in [5.41, 5.74) is 7.50. The normalized spacial score (nSPS) is 24.8. The predicted octanol–water partition coefficient (Wildman–Crippen LogP) is 3.60. The molecule has 1 aromatic rings. The van der Waals surface area contributed by atoms with Crippen LogP contribution in [-0.4, -0.2) is 29.6 Å². The van der Waals surface area contributed by atoms with Crippen LogP contribution in [0.4, 0.5) is 0 Å². The summed E-state index contributed by atoms with van der Waals surface area (Å²) in [7, 11) is 0. The summed E-state index contributed by atoms with van der Waals surface area (Å²) in [4.78, 5) is 2.74. The summed E-state index contributed by atoms with van der Waals surface area (Å²) in [6.45, 7) is 5.89. The van der Waals surface area contributed by atoms with Crippen LogP contribution < -0.4 is 5.73 Å². The average molecular weight is 274 g/mol. The molecule has 0 aliphatic heterocycles. The zero-order valence-corrected chi connectivity index (χ0v) is 13.1. The van der Waals surface area contributed by atoms with Crippen molar-refractivity contribution in [2.45, 2.75) is 70.5 Å². The third-order valence-corrected chi connectivity index (χ3v) is 4.63. The van der Waals surface area contributed by atoms with Crippen LogP contribution in [0.25, 0.3) is 0 Å². The molecule has 20 heavy (non-hydrogen) atoms. The van der Waals surface area contributed by atoms with Crippen molar-refractivity contribution in [2.75, 3.05) is 6.54 Å². The first-order chi connectivity index (χ1) is 9.70. The Balaban J connectivity index is 1.96. The molecular weight excluding hydrogens is 244 g/mol. The Morgan fingerprint density at radius 1 is 1.15 bits per heavy atom. The smallest absolute Gasteiger partial charge is 0.0110 e. The second kappa shape index (κ2) is 7.80. The van der Waals surface area contributed by atoms with Crippen molar-refractivity contribution in [1.82, 2.24) is 4.90 Å². The van der Waals surface area contributed by atoms with E-state index >= 15 is 0 Å². The largest absolute Gasteiger partial charge is 0.328 e. The standard InChI is InChI=1S/C18H30N2/c1-3-13-20(18-11-9-17(19)10-12-18)15(2)14-16-7-5-4-6-8-16/h4-8,15,17-18H,3,9-14,19H2,1-2H3. The molecule has 0 aromatic heterocycles. The average Bonchev–Trinajstić information content (AvgIpc) is 2.47. The zero-order valence-electron chi connectivity index (χ0n) is 13.1. The van der Waals surface area contributed by atoms with Gasteiger partial charge in [0.2, 0.25) is 0 Å². The predicted molar refractivity (Wildman–Crippen MR) is 86.8 cm³/mol. The molecule has 1 saturated carbocycles. The minimum absolute atomic E-state index is 0.444. The number of hydrogen-bond donors (Lipinski definition) is 1. The zero-order chi connectivity index (χ0) is 14.4. The molecule has 2 heteroatoms. The SMILES string of the molecule is CCCN(C(C)Cc1ccccc1)C1CCC(N)CC1. The lowest BCUT2D eigenvalue weighted by Gasteiger charge is -2.40. The fourth-order valence-corrected chi connectivity index (χ4v) is 3.53. The quantitative estimate of drug-likeness (QED) is 0.859. The van der Waals surface area contributed by atoms with Crippen molar-refractivity contribution in [2.24, 2.45) is 5.73 Å². The lowest BCUT2D eigenvalue weighted by molar-refractivity contribution is 0.107. The van der Waals surface area contributed by atoms with E-state index in [1.807, 2.05) is 0 Å². The maximum Gasteiger partial charge on any atom is 0.0110 e. The monoisotopic (exact) mass is 274 g/mol. The third kappa shape index (κ3) is 4.32. The molecule has 112 valence electrons. The Morgan fingerprint density at radius 3 is 2.40 bits per heavy atom. The molecule has 0 bridgehead atoms. The first-order valence-electron chi connectivity index (χ1n) is 8.26. The van der Waals surface area contributed by atoms with Crippen LogP contribution in [0.5, 0.6) is 0 Å². The van der Waals surface area contributed by atoms with E-state index < -0.39 is 0 Å². The lowest BCUT2D eigenvalue weighted by Crippen LogP contribution is -2.46. The molecule has 0 radical (unpaired) electrons. The second-order valence-electron chi connectivity index (χ2n) is 6.35. The highest BCUT2D eigenvalue weighted by atomic mass is 15.2. The van der Waals surface area contributed by atoms with Gasteiger partial charge in [-0.1, -0.05) is 37.3 Å². The van der Waals surface area contributed by atoms with E-state index in [0.717, 1.165) is 12.5 Å². The van der Waals surface area contributed by atoms with Crippen molar-refractivity contribution < 1.29 is 0 Å². The summed E-state index contributed by atoms with van der Waals surface area (Å²) < 4.78 is 0. The van der Waals surface area contributed by atoms with Gasteiger partial charge in [-0.15, -0.1) is 0 Å². The van der Waals surface area contributed by atoms with Gasteiger partial charge in [0.1, 0.15) is 0 Å². The highest BCUT2D eigenvalue weighted by molar-refractivity contribution is 5.15. The molecule has 2 nitrogen and oxygen atoms in total. The molecule has 1 fully saturated rings. The summed E-state index contributed by atoms with van der Waals surface area (Å²) >= 11 is 0. The maximum absolute atomic E-state index is 6.05. The third-order valence-electron chi connectivity index (χ3n) is 4.63. The van der Waals surface area contributed by atoms with Crippen LogP contribution in [0, 0.1) is 0 Å². The van der Waals surface area contributed by atoms with Gasteiger partial charge >= 0.3 is 0 Å². The summed E-state index contributed by atoms with van der Waals surface area (Å²) in [5.74, 6) is 0. The molecule has 1 unspecified atom stereocenters. The second-order valence-corrected chi connectivity index (χ2v) is 6.35. The molecule has 0 heterocycles. The fraction of sp³-hybridized carbons (Fsp3) is 0.667. The van der Waals surface area contributed by atoms with Crippen molar-refractivity contribution in [3.63, 3.8) is 0 Å². The molecule has 0 saturated heterocycles. The number of nitrogens with two attached hydrogens (primary N) is 1. The molecule has 2 rings (SSSR count). The van der Waals surface area contributed by atoms with E-state index in [9.17, 15) is 0 Å². The number of hydrogen-bond acceptors (Lipinski definition) is 2. The fourth-order valence-electron chi connectivity index (χ4n) is 3.53. The van der Waals surface area contributed by atoms with Crippen LogP contribution in [0.3, 0.4) is 0 Å². The first kappa shape index (κ1) is 15.5. The molecular formula is C18H30N2. The molecule has 0 amide bonds. The van der Waals surface area contributed by atoms with Crippen LogP contribution in [0.2, 0.25) is 0 Å². The number of rotatable bonds is 6. The Kier molecular flexibility index (Phi) is 6.06. The van der Waals surface area contributed by atoms with Gasteiger partial charge in [-0.05, 0) is 57.6 Å². The Bertz CT molecular complexity index is 368. The van der Waals surface area contributed by atoms with Crippen LogP contribution in [0.15, 0.2) is 30.3 Å². The van der Waals surface area contributed by atoms with Crippen LogP contribution in [0.1, 0.15) is 51.5 Å². The molecule has 1 aliphatic rings. The molecule has 2 N–H and O–H groups in total. The van der Waals surface area contributed by atoms with E-state index in [0.29, 0.717) is 12.1 Å². The maximum atomic E-state index is 6.05. The van der Waals surface area contributed by atoms with Crippen molar-refractivity contribution in [3.8, 4) is 0 Å². The topological polar surface area (TPSA) is 29.3 Å². The highest BCUT2D eigenvalue weighted by Gasteiger charge is 2.26. The van der Waals surface area contributed by atoms with Crippen molar-refractivity contribution in [3.05, 3.63) is 35.9 Å². The molecule has 0 spiro atoms. The summed E-state index contributed by atoms with van der Waals surface area (Å²) in [6, 6.07) is 12.7. The van der Waals surface area contributed by atoms with E-state index in [1.54, 1.807) is 0 Å². The van der Waals surface area contributed by atoms with Gasteiger partial charge in [-0.2, -0.15) is 0 Å². The summed E-state index contributed by atoms with van der Waals surface area (Å²) in [5, 5.41) is 0. The Morgan fingerprint density at radius 2 is 1.80 bits per heavy atom. The van der Waals surface area contributed by atoms with Crippen LogP contribution in [-0.2, 0) is 6.42 Å². The van der Waals surface area contributed by atoms with E-state index in [1.165, 1.54) is 44.2 Å². The van der Waals surface area contributed by atoms with Gasteiger partial charge in [0.05, 0.1) is 0 Å². The van der Waals surface area contributed by atoms with Gasteiger partial charge in [0.25, 0.3) is 0 Å². The van der Waals surface area contributed by atoms with Gasteiger partial charge < -0.3 is 5.73 Å². The van der Waals surface area contributed by atoms with Gasteiger partial charge in [-0.25, -0.2) is 0 Å². The Hall–Kier alpha value is -0.860. The minimum atomic E-state index is 0.444. The highest BCUT2D eigenvalue weighted by Crippen LogP contribution is 2.25. The van der Waals surface area contributed by atoms with Gasteiger partial charge in [0, 0.05) is 18.1 Å². The first-order valence-corrected chi connectivity index (χ1v) is 8.26. The van der Waals surface area contributed by atoms with Crippen molar-refractivity contribution >= 4 is 0 Å². The molecule has 1 atom stereocenters. The summed E-state index contributed by atoms with van der Waals surface area (Å²) in [6.07, 6.45) is 7.34. The van der Waals surface area contributed by atoms with Gasteiger partial charge in [0.15, 0.2) is 0 Å². The lowest BCUT2D eigenvalue weighted by atomic mass is 9.89. The number of nitrogens with zero attached hydrogens (tertiary/aromatic N) is 1. The van der Waals surface area contributed by atoms with E-state index in [2.05, 4.69) is 49.1 Å².